The number of unbranched alkanes of at least 4 members (excludes halogenated alkanes) is 2. The number of benzene rings is 1. The summed E-state index contributed by atoms with van der Waals surface area (Å²) >= 11 is 23.6. The molecular weight excluding hydrogens is 472 g/mol. The van der Waals surface area contributed by atoms with Gasteiger partial charge in [0.1, 0.15) is 23.1 Å². The first kappa shape index (κ1) is 27.1. The molecule has 0 spiro atoms. The van der Waals surface area contributed by atoms with Gasteiger partial charge in [-0.2, -0.15) is 0 Å². The minimum atomic E-state index is 0.135. The highest BCUT2D eigenvalue weighted by atomic mass is 35.5. The quantitative estimate of drug-likeness (QED) is 0.155. The molecule has 9 heteroatoms. The Hall–Kier alpha value is -0.980. The van der Waals surface area contributed by atoms with E-state index in [1.54, 1.807) is 18.4 Å². The van der Waals surface area contributed by atoms with Crippen molar-refractivity contribution < 1.29 is 19.0 Å². The third-order valence-corrected chi connectivity index (χ3v) is 4.39. The SMILES string of the molecule is CC(=COCCCCCOc1c(Cl)cc(OCC=C(Cl)Cl)cc1Cl)NOCC(C)C. The highest BCUT2D eigenvalue weighted by Crippen LogP contribution is 2.37. The van der Waals surface area contributed by atoms with Gasteiger partial charge >= 0.3 is 0 Å². The van der Waals surface area contributed by atoms with E-state index < -0.39 is 0 Å². The van der Waals surface area contributed by atoms with E-state index in [1.165, 1.54) is 6.08 Å². The van der Waals surface area contributed by atoms with E-state index in [2.05, 4.69) is 19.3 Å². The van der Waals surface area contributed by atoms with Crippen LogP contribution in [0.2, 0.25) is 10.0 Å². The number of hydroxylamine groups is 1. The zero-order chi connectivity index (χ0) is 22.4. The summed E-state index contributed by atoms with van der Waals surface area (Å²) in [6, 6.07) is 3.28. The fraction of sp³-hybridized carbons (Fsp3) is 0.524. The zero-order valence-corrected chi connectivity index (χ0v) is 20.5. The lowest BCUT2D eigenvalue weighted by Gasteiger charge is -2.12. The van der Waals surface area contributed by atoms with Crippen molar-refractivity contribution in [3.8, 4) is 11.5 Å². The van der Waals surface area contributed by atoms with Crippen molar-refractivity contribution in [3.63, 3.8) is 0 Å². The van der Waals surface area contributed by atoms with E-state index in [9.17, 15) is 0 Å². The van der Waals surface area contributed by atoms with Crippen LogP contribution in [-0.4, -0.2) is 26.4 Å². The minimum absolute atomic E-state index is 0.135. The van der Waals surface area contributed by atoms with Crippen molar-refractivity contribution in [1.82, 2.24) is 5.48 Å². The third kappa shape index (κ3) is 12.7. The summed E-state index contributed by atoms with van der Waals surface area (Å²) in [5.41, 5.74) is 3.67. The van der Waals surface area contributed by atoms with Gasteiger partial charge in [-0.25, -0.2) is 0 Å². The molecule has 0 aliphatic heterocycles. The maximum atomic E-state index is 6.24. The van der Waals surface area contributed by atoms with Gasteiger partial charge in [0.15, 0.2) is 5.75 Å². The Morgan fingerprint density at radius 2 is 1.70 bits per heavy atom. The standard InChI is InChI=1S/C21H29Cl4NO4/c1-15(2)13-30-26-16(3)14-27-8-5-4-6-9-29-21-18(22)11-17(12-19(21)23)28-10-7-20(24)25/h7,11-12,14-15,26H,4-6,8-10,13H2,1-3H3. The molecule has 0 heterocycles. The lowest BCUT2D eigenvalue weighted by molar-refractivity contribution is 0.0410. The molecule has 0 amide bonds. The number of hydrogen-bond acceptors (Lipinski definition) is 5. The topological polar surface area (TPSA) is 49.0 Å². The van der Waals surface area contributed by atoms with Crippen LogP contribution in [0, 0.1) is 5.92 Å². The molecule has 0 atom stereocenters. The van der Waals surface area contributed by atoms with E-state index in [0.717, 1.165) is 25.0 Å². The first-order chi connectivity index (χ1) is 14.3. The molecule has 5 nitrogen and oxygen atoms in total. The number of nitrogens with one attached hydrogen (secondary N) is 1. The van der Waals surface area contributed by atoms with Crippen molar-refractivity contribution in [2.24, 2.45) is 5.92 Å². The summed E-state index contributed by atoms with van der Waals surface area (Å²) in [7, 11) is 0. The molecule has 0 aliphatic carbocycles. The van der Waals surface area contributed by atoms with E-state index in [0.29, 0.717) is 47.3 Å². The fourth-order valence-electron chi connectivity index (χ4n) is 2.13. The molecular formula is C21H29Cl4NO4. The molecule has 0 aromatic heterocycles. The van der Waals surface area contributed by atoms with E-state index in [-0.39, 0.29) is 11.1 Å². The number of rotatable bonds is 15. The summed E-state index contributed by atoms with van der Waals surface area (Å²) in [5.74, 6) is 1.43. The Bertz CT molecular complexity index is 669. The van der Waals surface area contributed by atoms with Crippen LogP contribution in [0.15, 0.2) is 34.7 Å². The van der Waals surface area contributed by atoms with Crippen molar-refractivity contribution >= 4 is 46.4 Å². The van der Waals surface area contributed by atoms with Crippen LogP contribution in [0.3, 0.4) is 0 Å². The average Bonchev–Trinajstić information content (AvgIpc) is 2.65. The summed E-state index contributed by atoms with van der Waals surface area (Å²) in [5, 5.41) is 0.768. The number of halogens is 4. The molecule has 30 heavy (non-hydrogen) atoms. The summed E-state index contributed by atoms with van der Waals surface area (Å²) < 4.78 is 16.8. The molecule has 1 rings (SSSR count). The molecule has 0 bridgehead atoms. The third-order valence-electron chi connectivity index (χ3n) is 3.52. The smallest absolute Gasteiger partial charge is 0.156 e. The highest BCUT2D eigenvalue weighted by Gasteiger charge is 2.10. The Labute approximate surface area is 199 Å². The highest BCUT2D eigenvalue weighted by molar-refractivity contribution is 6.55. The van der Waals surface area contributed by atoms with Crippen LogP contribution < -0.4 is 15.0 Å². The average molecular weight is 501 g/mol. The molecule has 1 aromatic rings. The Morgan fingerprint density at radius 3 is 2.33 bits per heavy atom. The summed E-state index contributed by atoms with van der Waals surface area (Å²) in [6.45, 7) is 8.06. The fourth-order valence-corrected chi connectivity index (χ4v) is 2.83. The maximum absolute atomic E-state index is 6.24. The van der Waals surface area contributed by atoms with Gasteiger partial charge in [-0.15, -0.1) is 0 Å². The molecule has 0 radical (unpaired) electrons. The number of hydrogen-bond donors (Lipinski definition) is 1. The predicted octanol–water partition coefficient (Wildman–Crippen LogP) is 7.30. The van der Waals surface area contributed by atoms with Crippen molar-refractivity contribution in [3.05, 3.63) is 44.7 Å². The molecule has 1 N–H and O–H groups in total. The van der Waals surface area contributed by atoms with Crippen LogP contribution in [0.4, 0.5) is 0 Å². The Kier molecular flexibility index (Phi) is 14.2. The molecule has 0 saturated heterocycles. The molecule has 1 aromatic carbocycles. The van der Waals surface area contributed by atoms with Crippen LogP contribution in [-0.2, 0) is 9.57 Å². The molecule has 0 unspecified atom stereocenters. The normalized spacial score (nSPS) is 11.4. The number of ether oxygens (including phenoxy) is 3. The predicted molar refractivity (Wildman–Crippen MR) is 125 cm³/mol. The second-order valence-corrected chi connectivity index (χ2v) is 8.73. The van der Waals surface area contributed by atoms with Gasteiger partial charge < -0.3 is 14.2 Å². The summed E-state index contributed by atoms with van der Waals surface area (Å²) in [6.07, 6.45) is 5.90. The molecule has 170 valence electrons. The van der Waals surface area contributed by atoms with Crippen molar-refractivity contribution in [2.45, 2.75) is 40.0 Å². The second-order valence-electron chi connectivity index (χ2n) is 6.91. The molecule has 0 aliphatic rings. The van der Waals surface area contributed by atoms with Crippen molar-refractivity contribution in [1.29, 1.82) is 0 Å². The van der Waals surface area contributed by atoms with E-state index in [1.807, 2.05) is 6.92 Å². The maximum Gasteiger partial charge on any atom is 0.156 e. The lowest BCUT2D eigenvalue weighted by Crippen LogP contribution is -2.16. The monoisotopic (exact) mass is 499 g/mol. The van der Waals surface area contributed by atoms with Gasteiger partial charge in [0.2, 0.25) is 0 Å². The minimum Gasteiger partial charge on any atom is -0.499 e. The van der Waals surface area contributed by atoms with Gasteiger partial charge in [0, 0.05) is 12.1 Å². The van der Waals surface area contributed by atoms with Crippen LogP contribution in [0.5, 0.6) is 11.5 Å². The van der Waals surface area contributed by atoms with Gasteiger partial charge in [-0.3, -0.25) is 10.3 Å². The lowest BCUT2D eigenvalue weighted by atomic mass is 10.2. The summed E-state index contributed by atoms with van der Waals surface area (Å²) in [4.78, 5) is 5.31. The Balaban J connectivity index is 2.22. The van der Waals surface area contributed by atoms with Gasteiger partial charge in [-0.05, 0) is 38.2 Å². The zero-order valence-electron chi connectivity index (χ0n) is 17.5. The molecule has 0 saturated carbocycles. The van der Waals surface area contributed by atoms with Crippen LogP contribution in [0.25, 0.3) is 0 Å². The van der Waals surface area contributed by atoms with Gasteiger partial charge in [0.05, 0.1) is 35.6 Å². The molecule has 0 fully saturated rings. The first-order valence-electron chi connectivity index (χ1n) is 9.71. The van der Waals surface area contributed by atoms with Gasteiger partial charge in [0.25, 0.3) is 0 Å². The van der Waals surface area contributed by atoms with Crippen LogP contribution >= 0.6 is 46.4 Å². The number of allylic oxidation sites excluding steroid dienone is 1. The van der Waals surface area contributed by atoms with Crippen LogP contribution in [0.1, 0.15) is 40.0 Å². The van der Waals surface area contributed by atoms with Crippen molar-refractivity contribution in [2.75, 3.05) is 26.4 Å². The largest absolute Gasteiger partial charge is 0.499 e. The van der Waals surface area contributed by atoms with E-state index >= 15 is 0 Å². The second kappa shape index (κ2) is 15.8. The van der Waals surface area contributed by atoms with E-state index in [4.69, 9.17) is 65.5 Å². The first-order valence-corrected chi connectivity index (χ1v) is 11.2. The van der Waals surface area contributed by atoms with Gasteiger partial charge in [-0.1, -0.05) is 60.3 Å². The Morgan fingerprint density at radius 1 is 1.03 bits per heavy atom.